The van der Waals surface area contributed by atoms with E-state index in [-0.39, 0.29) is 23.8 Å². The molecule has 1 fully saturated rings. The summed E-state index contributed by atoms with van der Waals surface area (Å²) < 4.78 is 0. The molecule has 8 nitrogen and oxygen atoms in total. The van der Waals surface area contributed by atoms with Gasteiger partial charge in [-0.2, -0.15) is 0 Å². The molecule has 1 aromatic carbocycles. The molecule has 8 heteroatoms. The van der Waals surface area contributed by atoms with E-state index in [9.17, 15) is 4.79 Å². The van der Waals surface area contributed by atoms with E-state index in [2.05, 4.69) is 46.3 Å². The smallest absolute Gasteiger partial charge is 0.251 e. The Bertz CT molecular complexity index is 1040. The van der Waals surface area contributed by atoms with E-state index in [4.69, 9.17) is 11.5 Å². The largest absolute Gasteiger partial charge is 0.370 e. The van der Waals surface area contributed by atoms with Gasteiger partial charge in [0.15, 0.2) is 11.8 Å². The number of aliphatic imine (C=N–C) groups is 1. The van der Waals surface area contributed by atoms with Gasteiger partial charge in [0.05, 0.1) is 5.56 Å². The summed E-state index contributed by atoms with van der Waals surface area (Å²) in [4.78, 5) is 26.1. The van der Waals surface area contributed by atoms with Crippen molar-refractivity contribution in [3.63, 3.8) is 0 Å². The fraction of sp³-hybridized carbons (Fsp3) is 0.409. The fourth-order valence-corrected chi connectivity index (χ4v) is 4.15. The van der Waals surface area contributed by atoms with Gasteiger partial charge >= 0.3 is 0 Å². The quantitative estimate of drug-likeness (QED) is 0.253. The summed E-state index contributed by atoms with van der Waals surface area (Å²) in [6.07, 6.45) is 4.47. The van der Waals surface area contributed by atoms with E-state index in [0.717, 1.165) is 53.0 Å². The molecular weight excluding hydrogens is 378 g/mol. The Morgan fingerprint density at radius 2 is 2.17 bits per heavy atom. The molecule has 2 aliphatic rings. The zero-order chi connectivity index (χ0) is 21.3. The summed E-state index contributed by atoms with van der Waals surface area (Å²) in [6.45, 7) is 5.30. The third kappa shape index (κ3) is 3.65. The molecule has 30 heavy (non-hydrogen) atoms. The number of hydrogen-bond acceptors (Lipinski definition) is 3. The molecule has 4 rings (SSSR count). The van der Waals surface area contributed by atoms with Crippen LogP contribution in [0.2, 0.25) is 0 Å². The molecule has 0 aliphatic carbocycles. The Hall–Kier alpha value is -3.29. The Morgan fingerprint density at radius 3 is 2.93 bits per heavy atom. The molecule has 7 N–H and O–H groups in total. The molecule has 0 spiro atoms. The summed E-state index contributed by atoms with van der Waals surface area (Å²) in [5, 5.41) is 4.62. The van der Waals surface area contributed by atoms with Crippen molar-refractivity contribution in [2.45, 2.75) is 39.2 Å². The van der Waals surface area contributed by atoms with Crippen LogP contribution in [-0.2, 0) is 4.79 Å². The Labute approximate surface area is 176 Å². The topological polar surface area (TPSA) is 126 Å². The number of aromatic nitrogens is 1. The number of nitrogens with one attached hydrogen (secondary N) is 3. The van der Waals surface area contributed by atoms with Crippen molar-refractivity contribution in [1.29, 1.82) is 0 Å². The van der Waals surface area contributed by atoms with Crippen LogP contribution in [0.5, 0.6) is 0 Å². The SMILES string of the molecule is CCC(C)C1NC2=C(CCCN=C(N)N)[NH+]=C(c3c[nH]c4ccccc34)CN2C1=O. The van der Waals surface area contributed by atoms with Gasteiger partial charge < -0.3 is 21.8 Å². The van der Waals surface area contributed by atoms with Gasteiger partial charge in [-0.1, -0.05) is 38.5 Å². The van der Waals surface area contributed by atoms with E-state index in [1.807, 2.05) is 23.2 Å². The lowest BCUT2D eigenvalue weighted by atomic mass is 9.99. The maximum atomic E-state index is 13.2. The van der Waals surface area contributed by atoms with Crippen LogP contribution in [0.15, 0.2) is 47.0 Å². The minimum Gasteiger partial charge on any atom is -0.370 e. The lowest BCUT2D eigenvalue weighted by Gasteiger charge is -2.20. The zero-order valence-electron chi connectivity index (χ0n) is 17.5. The molecule has 1 amide bonds. The first-order valence-electron chi connectivity index (χ1n) is 10.5. The van der Waals surface area contributed by atoms with Crippen LogP contribution in [0, 0.1) is 5.92 Å². The van der Waals surface area contributed by atoms with E-state index in [1.165, 1.54) is 0 Å². The molecule has 1 aromatic heterocycles. The third-order valence-corrected chi connectivity index (χ3v) is 6.00. The van der Waals surface area contributed by atoms with Gasteiger partial charge in [-0.3, -0.25) is 14.7 Å². The second kappa shape index (κ2) is 8.22. The Balaban J connectivity index is 1.68. The van der Waals surface area contributed by atoms with Crippen LogP contribution in [0.25, 0.3) is 10.9 Å². The van der Waals surface area contributed by atoms with Crippen molar-refractivity contribution in [1.82, 2.24) is 15.2 Å². The van der Waals surface area contributed by atoms with Gasteiger partial charge in [0, 0.05) is 30.1 Å². The van der Waals surface area contributed by atoms with Crippen LogP contribution in [0.4, 0.5) is 0 Å². The number of carbonyl (C=O) groups is 1. The highest BCUT2D eigenvalue weighted by atomic mass is 16.2. The van der Waals surface area contributed by atoms with Crippen LogP contribution >= 0.6 is 0 Å². The molecule has 1 saturated heterocycles. The Morgan fingerprint density at radius 1 is 1.37 bits per heavy atom. The number of benzene rings is 1. The first-order valence-corrected chi connectivity index (χ1v) is 10.5. The van der Waals surface area contributed by atoms with E-state index in [1.54, 1.807) is 0 Å². The van der Waals surface area contributed by atoms with Gasteiger partial charge in [0.2, 0.25) is 11.4 Å². The first kappa shape index (κ1) is 20.0. The number of para-hydroxylation sites is 1. The summed E-state index contributed by atoms with van der Waals surface area (Å²) in [5.74, 6) is 1.39. The number of nitrogens with zero attached hydrogens (tertiary/aromatic N) is 2. The lowest BCUT2D eigenvalue weighted by Crippen LogP contribution is -2.76. The maximum Gasteiger partial charge on any atom is 0.251 e. The minimum atomic E-state index is -0.193. The standard InChI is InChI=1S/C22H29N7O/c1-3-13(2)19-21(30)29-12-18(15-11-26-16-8-5-4-7-14(15)16)27-17(20(29)28-19)9-6-10-25-22(23)24/h4-5,7-8,11,13,19,26,28H,3,6,9-10,12H2,1-2H3,(H4,23,24,25)/p+1. The van der Waals surface area contributed by atoms with Gasteiger partial charge in [0.25, 0.3) is 5.91 Å². The van der Waals surface area contributed by atoms with Crippen molar-refractivity contribution in [2.75, 3.05) is 13.1 Å². The van der Waals surface area contributed by atoms with Gasteiger partial charge in [-0.25, -0.2) is 4.99 Å². The monoisotopic (exact) mass is 408 g/mol. The summed E-state index contributed by atoms with van der Waals surface area (Å²) in [6, 6.07) is 8.00. The fourth-order valence-electron chi connectivity index (χ4n) is 4.15. The average Bonchev–Trinajstić information content (AvgIpc) is 3.32. The van der Waals surface area contributed by atoms with Gasteiger partial charge in [0.1, 0.15) is 12.6 Å². The second-order valence-electron chi connectivity index (χ2n) is 8.02. The van der Waals surface area contributed by atoms with E-state index < -0.39 is 0 Å². The molecule has 2 aliphatic heterocycles. The van der Waals surface area contributed by atoms with Crippen molar-refractivity contribution < 1.29 is 9.79 Å². The van der Waals surface area contributed by atoms with Crippen LogP contribution < -0.4 is 21.8 Å². The van der Waals surface area contributed by atoms with Gasteiger partial charge in [-0.05, 0) is 18.4 Å². The van der Waals surface area contributed by atoms with Gasteiger partial charge in [-0.15, -0.1) is 0 Å². The number of allylic oxidation sites excluding steroid dienone is 1. The number of fused-ring (bicyclic) bond motifs is 2. The van der Waals surface area contributed by atoms with Crippen LogP contribution in [0.1, 0.15) is 38.7 Å². The highest BCUT2D eigenvalue weighted by molar-refractivity contribution is 6.10. The predicted octanol–water partition coefficient (Wildman–Crippen LogP) is 0.120. The number of amides is 1. The van der Waals surface area contributed by atoms with Crippen molar-refractivity contribution in [3.05, 3.63) is 47.5 Å². The molecule has 2 aromatic rings. The number of rotatable bonds is 7. The third-order valence-electron chi connectivity index (χ3n) is 6.00. The number of hydrogen-bond donors (Lipinski definition) is 5. The highest BCUT2D eigenvalue weighted by Crippen LogP contribution is 2.26. The first-order chi connectivity index (χ1) is 14.5. The molecule has 158 valence electrons. The second-order valence-corrected chi connectivity index (χ2v) is 8.02. The number of H-pyrrole nitrogens is 1. The number of nitrogens with two attached hydrogens (primary N) is 2. The van der Waals surface area contributed by atoms with E-state index in [0.29, 0.717) is 13.1 Å². The van der Waals surface area contributed by atoms with E-state index >= 15 is 0 Å². The Kier molecular flexibility index (Phi) is 5.48. The van der Waals surface area contributed by atoms with Crippen molar-refractivity contribution in [2.24, 2.45) is 22.4 Å². The molecule has 0 bridgehead atoms. The lowest BCUT2D eigenvalue weighted by molar-refractivity contribution is -0.407. The summed E-state index contributed by atoms with van der Waals surface area (Å²) in [5.41, 5.74) is 15.1. The van der Waals surface area contributed by atoms with Crippen LogP contribution in [-0.4, -0.2) is 46.6 Å². The van der Waals surface area contributed by atoms with Crippen molar-refractivity contribution >= 4 is 28.5 Å². The predicted molar refractivity (Wildman–Crippen MR) is 118 cm³/mol. The minimum absolute atomic E-state index is 0.0999. The zero-order valence-corrected chi connectivity index (χ0v) is 17.5. The normalized spacial score (nSPS) is 19.5. The number of carbonyl (C=O) groups excluding carboxylic acids is 1. The summed E-state index contributed by atoms with van der Waals surface area (Å²) >= 11 is 0. The molecule has 2 atom stereocenters. The molecule has 3 heterocycles. The molecule has 2 unspecified atom stereocenters. The van der Waals surface area contributed by atoms with Crippen molar-refractivity contribution in [3.8, 4) is 0 Å². The number of guanidine groups is 1. The highest BCUT2D eigenvalue weighted by Gasteiger charge is 2.44. The number of aromatic amines is 1. The molecule has 0 saturated carbocycles. The maximum absolute atomic E-state index is 13.2. The molecule has 0 radical (unpaired) electrons. The average molecular weight is 409 g/mol. The molecular formula is C22H30N7O+. The summed E-state index contributed by atoms with van der Waals surface area (Å²) in [7, 11) is 0. The van der Waals surface area contributed by atoms with Crippen LogP contribution in [0.3, 0.4) is 0 Å².